The molecule has 2 amide bonds. The summed E-state index contributed by atoms with van der Waals surface area (Å²) < 4.78 is 6.03. The van der Waals surface area contributed by atoms with Gasteiger partial charge in [-0.05, 0) is 70.0 Å². The molecule has 1 unspecified atom stereocenters. The van der Waals surface area contributed by atoms with Gasteiger partial charge in [0.15, 0.2) is 0 Å². The van der Waals surface area contributed by atoms with Crippen molar-refractivity contribution >= 4 is 22.7 Å². The Morgan fingerprint density at radius 2 is 1.76 bits per heavy atom. The third kappa shape index (κ3) is 5.92. The number of piperidine rings is 1. The summed E-state index contributed by atoms with van der Waals surface area (Å²) in [4.78, 5) is 32.5. The Kier molecular flexibility index (Phi) is 8.10. The normalized spacial score (nSPS) is 16.4. The molecule has 2 aromatic carbocycles. The SMILES string of the molecule is Cc1cc(COc2ccc(C(=O)NC3(C(C)C(=O)NO)CCN(C(C)C)CC3)cc2)c2ccccc2n1. The molecule has 1 fully saturated rings. The highest BCUT2D eigenvalue weighted by molar-refractivity contribution is 5.95. The molecule has 0 radical (unpaired) electrons. The minimum atomic E-state index is -0.745. The zero-order valence-electron chi connectivity index (χ0n) is 22.0. The van der Waals surface area contributed by atoms with E-state index in [2.05, 4.69) is 29.0 Å². The zero-order chi connectivity index (χ0) is 26.6. The highest BCUT2D eigenvalue weighted by atomic mass is 16.5. The van der Waals surface area contributed by atoms with Gasteiger partial charge in [0.1, 0.15) is 12.4 Å². The van der Waals surface area contributed by atoms with E-state index < -0.39 is 17.4 Å². The minimum Gasteiger partial charge on any atom is -0.489 e. The highest BCUT2D eigenvalue weighted by Crippen LogP contribution is 2.32. The molecular weight excluding hydrogens is 468 g/mol. The Hall–Kier alpha value is -3.49. The summed E-state index contributed by atoms with van der Waals surface area (Å²) >= 11 is 0. The number of carbonyl (C=O) groups excluding carboxylic acids is 2. The lowest BCUT2D eigenvalue weighted by molar-refractivity contribution is -0.136. The molecule has 1 aliphatic rings. The van der Waals surface area contributed by atoms with Crippen LogP contribution in [0.3, 0.4) is 0 Å². The van der Waals surface area contributed by atoms with E-state index in [0.29, 0.717) is 36.8 Å². The lowest BCUT2D eigenvalue weighted by Gasteiger charge is -2.46. The summed E-state index contributed by atoms with van der Waals surface area (Å²) in [7, 11) is 0. The van der Waals surface area contributed by atoms with E-state index in [-0.39, 0.29) is 5.91 Å². The molecule has 8 heteroatoms. The van der Waals surface area contributed by atoms with E-state index in [9.17, 15) is 14.8 Å². The van der Waals surface area contributed by atoms with E-state index in [1.54, 1.807) is 36.7 Å². The molecule has 1 atom stereocenters. The number of carbonyl (C=O) groups is 2. The molecule has 196 valence electrons. The number of ether oxygens (including phenoxy) is 1. The predicted octanol–water partition coefficient (Wildman–Crippen LogP) is 4.24. The van der Waals surface area contributed by atoms with Crippen molar-refractivity contribution in [2.45, 2.75) is 58.7 Å². The summed E-state index contributed by atoms with van der Waals surface area (Å²) in [6, 6.07) is 17.4. The molecule has 2 heterocycles. The van der Waals surface area contributed by atoms with Gasteiger partial charge in [-0.15, -0.1) is 0 Å². The van der Waals surface area contributed by atoms with Crippen molar-refractivity contribution in [2.24, 2.45) is 5.92 Å². The first kappa shape index (κ1) is 26.6. The van der Waals surface area contributed by atoms with Crippen LogP contribution in [0.25, 0.3) is 10.9 Å². The van der Waals surface area contributed by atoms with Gasteiger partial charge in [-0.1, -0.05) is 25.1 Å². The van der Waals surface area contributed by atoms with E-state index in [4.69, 9.17) is 4.74 Å². The van der Waals surface area contributed by atoms with Crippen molar-refractivity contribution in [2.75, 3.05) is 13.1 Å². The summed E-state index contributed by atoms with van der Waals surface area (Å²) in [5.74, 6) is -0.682. The molecule has 3 aromatic rings. The van der Waals surface area contributed by atoms with Gasteiger partial charge >= 0.3 is 0 Å². The number of likely N-dealkylation sites (tertiary alicyclic amines) is 1. The number of nitrogens with zero attached hydrogens (tertiary/aromatic N) is 2. The van der Waals surface area contributed by atoms with Crippen LogP contribution < -0.4 is 15.5 Å². The van der Waals surface area contributed by atoms with Gasteiger partial charge < -0.3 is 15.0 Å². The zero-order valence-corrected chi connectivity index (χ0v) is 22.0. The number of nitrogens with one attached hydrogen (secondary N) is 2. The molecule has 8 nitrogen and oxygen atoms in total. The van der Waals surface area contributed by atoms with Crippen molar-refractivity contribution in [1.82, 2.24) is 20.7 Å². The molecule has 0 aliphatic carbocycles. The first-order valence-corrected chi connectivity index (χ1v) is 12.8. The summed E-state index contributed by atoms with van der Waals surface area (Å²) in [5, 5.41) is 13.4. The van der Waals surface area contributed by atoms with Crippen LogP contribution in [0.4, 0.5) is 0 Å². The summed E-state index contributed by atoms with van der Waals surface area (Å²) in [6.07, 6.45) is 1.23. The maximum absolute atomic E-state index is 13.3. The smallest absolute Gasteiger partial charge is 0.251 e. The number of aromatic nitrogens is 1. The van der Waals surface area contributed by atoms with Gasteiger partial charge in [-0.3, -0.25) is 19.8 Å². The molecule has 0 spiro atoms. The predicted molar refractivity (Wildman–Crippen MR) is 142 cm³/mol. The van der Waals surface area contributed by atoms with E-state index >= 15 is 0 Å². The van der Waals surface area contributed by atoms with Crippen molar-refractivity contribution in [3.05, 3.63) is 71.4 Å². The average Bonchev–Trinajstić information content (AvgIpc) is 2.91. The maximum Gasteiger partial charge on any atom is 0.251 e. The van der Waals surface area contributed by atoms with Crippen LogP contribution in [0.2, 0.25) is 0 Å². The van der Waals surface area contributed by atoms with Crippen molar-refractivity contribution in [1.29, 1.82) is 0 Å². The Labute approximate surface area is 218 Å². The molecule has 1 aliphatic heterocycles. The van der Waals surface area contributed by atoms with Crippen LogP contribution in [-0.2, 0) is 11.4 Å². The lowest BCUT2D eigenvalue weighted by Crippen LogP contribution is -2.62. The molecule has 0 saturated carbocycles. The fourth-order valence-electron chi connectivity index (χ4n) is 5.13. The third-order valence-electron chi connectivity index (χ3n) is 7.56. The van der Waals surface area contributed by atoms with E-state index in [0.717, 1.165) is 35.2 Å². The Morgan fingerprint density at radius 3 is 2.41 bits per heavy atom. The number of pyridine rings is 1. The second-order valence-corrected chi connectivity index (χ2v) is 10.2. The number of benzene rings is 2. The van der Waals surface area contributed by atoms with Crippen LogP contribution in [0.1, 0.15) is 55.2 Å². The van der Waals surface area contributed by atoms with E-state index in [1.807, 2.05) is 37.3 Å². The summed E-state index contributed by atoms with van der Waals surface area (Å²) in [5.41, 5.74) is 4.42. The van der Waals surface area contributed by atoms with Crippen LogP contribution in [0.5, 0.6) is 5.75 Å². The molecule has 3 N–H and O–H groups in total. The fraction of sp³-hybridized carbons (Fsp3) is 0.414. The Bertz CT molecular complexity index is 1250. The third-order valence-corrected chi connectivity index (χ3v) is 7.56. The average molecular weight is 505 g/mol. The van der Waals surface area contributed by atoms with Gasteiger partial charge in [-0.2, -0.15) is 0 Å². The number of fused-ring (bicyclic) bond motifs is 1. The number of hydroxylamine groups is 1. The summed E-state index contributed by atoms with van der Waals surface area (Å²) in [6.45, 7) is 9.90. The van der Waals surface area contributed by atoms with Gasteiger partial charge in [0, 0.05) is 41.3 Å². The standard InChI is InChI=1S/C29H36N4O4/c1-19(2)33-15-13-29(14-16-33,21(4)27(34)32-36)31-28(35)22-9-11-24(12-10-22)37-18-23-17-20(3)30-26-8-6-5-7-25(23)26/h5-12,17,19,21,36H,13-16,18H2,1-4H3,(H,31,35)(H,32,34). The van der Waals surface area contributed by atoms with E-state index in [1.165, 1.54) is 0 Å². The first-order valence-electron chi connectivity index (χ1n) is 12.8. The molecule has 37 heavy (non-hydrogen) atoms. The van der Waals surface area contributed by atoms with Crippen LogP contribution >= 0.6 is 0 Å². The Balaban J connectivity index is 1.45. The maximum atomic E-state index is 13.3. The fourth-order valence-corrected chi connectivity index (χ4v) is 5.13. The number of hydrogen-bond acceptors (Lipinski definition) is 6. The quantitative estimate of drug-likeness (QED) is 0.313. The van der Waals surface area contributed by atoms with Gasteiger partial charge in [-0.25, -0.2) is 5.48 Å². The monoisotopic (exact) mass is 504 g/mol. The number of rotatable bonds is 8. The molecule has 4 rings (SSSR count). The van der Waals surface area contributed by atoms with Crippen LogP contribution in [0, 0.1) is 12.8 Å². The van der Waals surface area contributed by atoms with Gasteiger partial charge in [0.25, 0.3) is 5.91 Å². The van der Waals surface area contributed by atoms with Gasteiger partial charge in [0.05, 0.1) is 17.0 Å². The van der Waals surface area contributed by atoms with Crippen LogP contribution in [-0.4, -0.2) is 51.6 Å². The van der Waals surface area contributed by atoms with Crippen molar-refractivity contribution in [3.8, 4) is 5.75 Å². The topological polar surface area (TPSA) is 104 Å². The second-order valence-electron chi connectivity index (χ2n) is 10.2. The van der Waals surface area contributed by atoms with Crippen molar-refractivity contribution < 1.29 is 19.5 Å². The number of hydrogen-bond donors (Lipinski definition) is 3. The van der Waals surface area contributed by atoms with Gasteiger partial charge in [0.2, 0.25) is 5.91 Å². The second kappa shape index (κ2) is 11.3. The van der Waals surface area contributed by atoms with Crippen LogP contribution in [0.15, 0.2) is 54.6 Å². The Morgan fingerprint density at radius 1 is 1.08 bits per heavy atom. The lowest BCUT2D eigenvalue weighted by atomic mass is 9.76. The number of para-hydroxylation sites is 1. The molecule has 1 saturated heterocycles. The first-order chi connectivity index (χ1) is 17.7. The largest absolute Gasteiger partial charge is 0.489 e. The molecule has 1 aromatic heterocycles. The van der Waals surface area contributed by atoms with Crippen molar-refractivity contribution in [3.63, 3.8) is 0 Å². The molecular formula is C29H36N4O4. The highest BCUT2D eigenvalue weighted by Gasteiger charge is 2.44. The molecule has 0 bridgehead atoms. The number of amides is 2. The number of aryl methyl sites for hydroxylation is 1. The minimum absolute atomic E-state index is 0.252.